The van der Waals surface area contributed by atoms with Crippen LogP contribution in [0.2, 0.25) is 0 Å². The zero-order valence-electron chi connectivity index (χ0n) is 11.3. The minimum absolute atomic E-state index is 0.112. The number of halogens is 3. The first-order chi connectivity index (χ1) is 9.59. The minimum atomic E-state index is -4.77. The molecule has 2 aromatic rings. The van der Waals surface area contributed by atoms with Crippen LogP contribution >= 0.6 is 0 Å². The summed E-state index contributed by atoms with van der Waals surface area (Å²) in [5, 5.41) is 22.3. The Bertz CT molecular complexity index is 704. The number of aromatic nitrogens is 2. The van der Waals surface area contributed by atoms with Crippen LogP contribution in [0.1, 0.15) is 29.8 Å². The molecule has 2 rings (SSSR count). The minimum Gasteiger partial charge on any atom is -0.478 e. The fourth-order valence-electron chi connectivity index (χ4n) is 2.12. The normalized spacial score (nSPS) is 12.9. The molecule has 0 spiro atoms. The molecule has 0 amide bonds. The summed E-state index contributed by atoms with van der Waals surface area (Å²) >= 11 is 0. The van der Waals surface area contributed by atoms with Gasteiger partial charge < -0.3 is 10.2 Å². The third kappa shape index (κ3) is 2.46. The number of hydrogen-bond donors (Lipinski definition) is 2. The summed E-state index contributed by atoms with van der Waals surface area (Å²) in [7, 11) is 0. The van der Waals surface area contributed by atoms with E-state index in [1.165, 1.54) is 4.68 Å². The average molecular weight is 302 g/mol. The maximum Gasteiger partial charge on any atom is 0.417 e. The predicted octanol–water partition coefficient (Wildman–Crippen LogP) is 2.48. The van der Waals surface area contributed by atoms with Gasteiger partial charge in [0, 0.05) is 5.39 Å². The van der Waals surface area contributed by atoms with Crippen LogP contribution in [0.3, 0.4) is 0 Å². The molecule has 8 heteroatoms. The molecule has 0 saturated carbocycles. The first kappa shape index (κ1) is 15.3. The smallest absolute Gasteiger partial charge is 0.417 e. The largest absolute Gasteiger partial charge is 0.478 e. The number of nitrogens with zero attached hydrogens (tertiary/aromatic N) is 2. The molecular formula is C13H13F3N2O3. The van der Waals surface area contributed by atoms with E-state index < -0.39 is 28.8 Å². The van der Waals surface area contributed by atoms with Crippen LogP contribution in [0.25, 0.3) is 10.9 Å². The molecule has 5 nitrogen and oxygen atoms in total. The van der Waals surface area contributed by atoms with E-state index in [1.807, 2.05) is 0 Å². The molecule has 0 aliphatic heterocycles. The summed E-state index contributed by atoms with van der Waals surface area (Å²) in [6.07, 6.45) is -3.69. The van der Waals surface area contributed by atoms with Crippen molar-refractivity contribution in [3.05, 3.63) is 29.5 Å². The van der Waals surface area contributed by atoms with Gasteiger partial charge in [0.05, 0.1) is 35.0 Å². The molecule has 1 heterocycles. The van der Waals surface area contributed by atoms with E-state index in [9.17, 15) is 23.1 Å². The molecule has 21 heavy (non-hydrogen) atoms. The summed E-state index contributed by atoms with van der Waals surface area (Å²) < 4.78 is 40.1. The van der Waals surface area contributed by atoms with Crippen LogP contribution in [0, 0.1) is 0 Å². The molecule has 0 aliphatic rings. The summed E-state index contributed by atoms with van der Waals surface area (Å²) in [4.78, 5) is 11.2. The van der Waals surface area contributed by atoms with E-state index in [2.05, 4.69) is 5.10 Å². The summed E-state index contributed by atoms with van der Waals surface area (Å²) in [6, 6.07) is 1.88. The second kappa shape index (κ2) is 4.73. The zero-order chi connectivity index (χ0) is 16.0. The Balaban J connectivity index is 2.82. The van der Waals surface area contributed by atoms with Gasteiger partial charge in [0.1, 0.15) is 0 Å². The highest BCUT2D eigenvalue weighted by Crippen LogP contribution is 2.36. The number of fused-ring (bicyclic) bond motifs is 1. The molecule has 1 aromatic heterocycles. The number of aliphatic hydroxyl groups is 1. The lowest BCUT2D eigenvalue weighted by molar-refractivity contribution is -0.138. The number of rotatable bonds is 3. The lowest BCUT2D eigenvalue weighted by Gasteiger charge is -2.23. The molecule has 0 bridgehead atoms. The van der Waals surface area contributed by atoms with Crippen molar-refractivity contribution in [2.24, 2.45) is 0 Å². The first-order valence-electron chi connectivity index (χ1n) is 6.02. The highest BCUT2D eigenvalue weighted by atomic mass is 19.4. The number of hydrogen-bond acceptors (Lipinski definition) is 3. The molecular weight excluding hydrogens is 289 g/mol. The van der Waals surface area contributed by atoms with Crippen molar-refractivity contribution in [1.29, 1.82) is 0 Å². The number of aromatic carboxylic acids is 1. The van der Waals surface area contributed by atoms with Gasteiger partial charge in [-0.1, -0.05) is 0 Å². The summed E-state index contributed by atoms with van der Waals surface area (Å²) in [5.41, 5.74) is -2.69. The van der Waals surface area contributed by atoms with E-state index in [0.717, 1.165) is 18.3 Å². The van der Waals surface area contributed by atoms with E-state index in [0.29, 0.717) is 0 Å². The second-order valence-corrected chi connectivity index (χ2v) is 5.25. The molecule has 114 valence electrons. The van der Waals surface area contributed by atoms with E-state index >= 15 is 0 Å². The van der Waals surface area contributed by atoms with Gasteiger partial charge >= 0.3 is 12.1 Å². The van der Waals surface area contributed by atoms with Crippen LogP contribution in [-0.2, 0) is 11.7 Å². The van der Waals surface area contributed by atoms with Gasteiger partial charge in [-0.3, -0.25) is 4.68 Å². The number of carboxylic acids is 1. The number of carboxylic acid groups (broad SMARTS) is 1. The molecule has 0 radical (unpaired) electrons. The third-order valence-electron chi connectivity index (χ3n) is 3.23. The van der Waals surface area contributed by atoms with Gasteiger partial charge in [0.2, 0.25) is 0 Å². The molecule has 0 aliphatic carbocycles. The maximum absolute atomic E-state index is 12.9. The van der Waals surface area contributed by atoms with Crippen LogP contribution in [0.4, 0.5) is 13.2 Å². The quantitative estimate of drug-likeness (QED) is 0.913. The third-order valence-corrected chi connectivity index (χ3v) is 3.23. The molecule has 0 fully saturated rings. The Kier molecular flexibility index (Phi) is 3.45. The van der Waals surface area contributed by atoms with Gasteiger partial charge in [0.25, 0.3) is 0 Å². The Labute approximate surface area is 117 Å². The van der Waals surface area contributed by atoms with Gasteiger partial charge in [-0.05, 0) is 26.0 Å². The molecule has 2 N–H and O–H groups in total. The highest BCUT2D eigenvalue weighted by Gasteiger charge is 2.37. The lowest BCUT2D eigenvalue weighted by Crippen LogP contribution is -2.31. The van der Waals surface area contributed by atoms with Gasteiger partial charge in [-0.15, -0.1) is 0 Å². The second-order valence-electron chi connectivity index (χ2n) is 5.25. The van der Waals surface area contributed by atoms with Crippen molar-refractivity contribution in [2.45, 2.75) is 25.6 Å². The average Bonchev–Trinajstić information content (AvgIpc) is 2.80. The summed E-state index contributed by atoms with van der Waals surface area (Å²) in [5.74, 6) is -1.67. The molecule has 1 aromatic carbocycles. The highest BCUT2D eigenvalue weighted by molar-refractivity contribution is 6.04. The van der Waals surface area contributed by atoms with Gasteiger partial charge in [0.15, 0.2) is 0 Å². The van der Waals surface area contributed by atoms with Crippen molar-refractivity contribution in [3.63, 3.8) is 0 Å². The fraction of sp³-hybridized carbons (Fsp3) is 0.385. The van der Waals surface area contributed by atoms with E-state index in [4.69, 9.17) is 5.11 Å². The van der Waals surface area contributed by atoms with Crippen molar-refractivity contribution < 1.29 is 28.2 Å². The Morgan fingerprint density at radius 1 is 1.33 bits per heavy atom. The Morgan fingerprint density at radius 3 is 2.43 bits per heavy atom. The van der Waals surface area contributed by atoms with Gasteiger partial charge in [-0.25, -0.2) is 4.79 Å². The van der Waals surface area contributed by atoms with E-state index in [-0.39, 0.29) is 17.5 Å². The number of aliphatic hydroxyl groups excluding tert-OH is 1. The molecule has 0 saturated heterocycles. The molecule has 0 atom stereocenters. The number of alkyl halides is 3. The van der Waals surface area contributed by atoms with Gasteiger partial charge in [-0.2, -0.15) is 18.3 Å². The monoisotopic (exact) mass is 302 g/mol. The Hall–Kier alpha value is -2.09. The zero-order valence-corrected chi connectivity index (χ0v) is 11.3. The van der Waals surface area contributed by atoms with Crippen LogP contribution in [0.5, 0.6) is 0 Å². The molecule has 0 unspecified atom stereocenters. The maximum atomic E-state index is 12.9. The number of carbonyl (C=O) groups is 1. The van der Waals surface area contributed by atoms with Crippen molar-refractivity contribution >= 4 is 16.9 Å². The van der Waals surface area contributed by atoms with Crippen LogP contribution < -0.4 is 0 Å². The fourth-order valence-corrected chi connectivity index (χ4v) is 2.12. The topological polar surface area (TPSA) is 75.3 Å². The number of benzene rings is 1. The van der Waals surface area contributed by atoms with Crippen LogP contribution in [-0.4, -0.2) is 32.6 Å². The van der Waals surface area contributed by atoms with Crippen molar-refractivity contribution in [3.8, 4) is 0 Å². The predicted molar refractivity (Wildman–Crippen MR) is 68.1 cm³/mol. The standard InChI is InChI=1S/C13H13F3N2O3/c1-12(2,6-19)18-9-4-3-8(13(14,15)16)10(11(20)21)7(9)5-17-18/h3-5,19H,6H2,1-2H3,(H,20,21). The summed E-state index contributed by atoms with van der Waals surface area (Å²) in [6.45, 7) is 2.97. The first-order valence-corrected chi connectivity index (χ1v) is 6.02. The van der Waals surface area contributed by atoms with E-state index in [1.54, 1.807) is 13.8 Å². The Morgan fingerprint density at radius 2 is 1.95 bits per heavy atom. The SMILES string of the molecule is CC(C)(CO)n1ncc2c(C(=O)O)c(C(F)(F)F)ccc21. The lowest BCUT2D eigenvalue weighted by atomic mass is 10.0. The van der Waals surface area contributed by atoms with Crippen molar-refractivity contribution in [1.82, 2.24) is 9.78 Å². The van der Waals surface area contributed by atoms with Crippen LogP contribution in [0.15, 0.2) is 18.3 Å². The van der Waals surface area contributed by atoms with Crippen molar-refractivity contribution in [2.75, 3.05) is 6.61 Å².